The second-order valence-corrected chi connectivity index (χ2v) is 12.9. The summed E-state index contributed by atoms with van der Waals surface area (Å²) in [5, 5.41) is 3.05. The molecule has 0 fully saturated rings. The molecule has 0 amide bonds. The van der Waals surface area contributed by atoms with Crippen LogP contribution < -0.4 is 10.6 Å². The fraction of sp³-hybridized carbons (Fsp3) is 0.538. The molecule has 0 saturated carbocycles. The van der Waals surface area contributed by atoms with Gasteiger partial charge in [-0.15, -0.1) is 0 Å². The van der Waals surface area contributed by atoms with Crippen molar-refractivity contribution in [3.8, 4) is 0 Å². The van der Waals surface area contributed by atoms with Gasteiger partial charge in [-0.2, -0.15) is 0 Å². The standard InChI is InChI=1S/C26H38P2/c1-15-13-21(25(7,8)9)23(19(5)17(15)3)27-28-24-20(6)18(4)16(2)14-22(24)26(10,11)12/h13-14H,1-12H3. The third-order valence-electron chi connectivity index (χ3n) is 6.12. The molecule has 2 rings (SSSR count). The Kier molecular flexibility index (Phi) is 6.70. The quantitative estimate of drug-likeness (QED) is 0.440. The van der Waals surface area contributed by atoms with Crippen molar-refractivity contribution in [3.63, 3.8) is 0 Å². The monoisotopic (exact) mass is 412 g/mol. The fourth-order valence-corrected chi connectivity index (χ4v) is 7.64. The fourth-order valence-electron chi connectivity index (χ4n) is 3.64. The van der Waals surface area contributed by atoms with Crippen LogP contribution >= 0.6 is 15.7 Å². The van der Waals surface area contributed by atoms with E-state index < -0.39 is 0 Å². The SMILES string of the molecule is Cc1cc(C(C)(C)C)c(P=Pc2c(C(C)(C)C)cc(C)c(C)c2C)c(C)c1C. The van der Waals surface area contributed by atoms with Crippen LogP contribution in [0.3, 0.4) is 0 Å². The predicted octanol–water partition coefficient (Wildman–Crippen LogP) is 7.89. The highest BCUT2D eigenvalue weighted by molar-refractivity contribution is 7.91. The summed E-state index contributed by atoms with van der Waals surface area (Å²) < 4.78 is 0. The Morgan fingerprint density at radius 1 is 0.500 bits per heavy atom. The van der Waals surface area contributed by atoms with E-state index in [-0.39, 0.29) is 10.8 Å². The molecule has 0 nitrogen and oxygen atoms in total. The highest BCUT2D eigenvalue weighted by Crippen LogP contribution is 2.34. The van der Waals surface area contributed by atoms with Crippen molar-refractivity contribution in [3.05, 3.63) is 56.6 Å². The Bertz CT molecular complexity index is 855. The van der Waals surface area contributed by atoms with E-state index in [9.17, 15) is 0 Å². The third kappa shape index (κ3) is 4.61. The summed E-state index contributed by atoms with van der Waals surface area (Å²) in [6.45, 7) is 27.7. The van der Waals surface area contributed by atoms with Gasteiger partial charge in [-0.05, 0) is 113 Å². The van der Waals surface area contributed by atoms with Crippen molar-refractivity contribution in [1.29, 1.82) is 0 Å². The number of benzene rings is 2. The van der Waals surface area contributed by atoms with Crippen LogP contribution in [0.1, 0.15) is 86.1 Å². The minimum absolute atomic E-state index is 0.159. The molecule has 0 heterocycles. The Morgan fingerprint density at radius 3 is 1.04 bits per heavy atom. The minimum atomic E-state index is 0.159. The van der Waals surface area contributed by atoms with Gasteiger partial charge in [0.05, 0.1) is 0 Å². The van der Waals surface area contributed by atoms with E-state index in [0.717, 1.165) is 0 Å². The molecule has 0 radical (unpaired) electrons. The van der Waals surface area contributed by atoms with E-state index in [1.807, 2.05) is 0 Å². The van der Waals surface area contributed by atoms with Crippen LogP contribution in [0.4, 0.5) is 0 Å². The summed E-state index contributed by atoms with van der Waals surface area (Å²) in [7, 11) is 2.79. The highest BCUT2D eigenvalue weighted by atomic mass is 31.7. The molecule has 28 heavy (non-hydrogen) atoms. The lowest BCUT2D eigenvalue weighted by molar-refractivity contribution is 0.593. The number of hydrogen-bond acceptors (Lipinski definition) is 0. The van der Waals surface area contributed by atoms with E-state index in [0.29, 0.717) is 0 Å². The topological polar surface area (TPSA) is 0 Å². The van der Waals surface area contributed by atoms with Gasteiger partial charge >= 0.3 is 0 Å². The molecule has 0 aromatic heterocycles. The molecule has 0 spiro atoms. The van der Waals surface area contributed by atoms with Gasteiger partial charge in [-0.25, -0.2) is 0 Å². The smallest absolute Gasteiger partial charge is 0.0133 e. The number of aryl methyl sites for hydroxylation is 2. The molecule has 0 unspecified atom stereocenters. The average Bonchev–Trinajstić information content (AvgIpc) is 2.55. The Labute approximate surface area is 177 Å². The van der Waals surface area contributed by atoms with Crippen LogP contribution in [0.15, 0.2) is 12.1 Å². The van der Waals surface area contributed by atoms with E-state index in [2.05, 4.69) is 95.2 Å². The first-order chi connectivity index (χ1) is 12.7. The van der Waals surface area contributed by atoms with Gasteiger partial charge in [0.1, 0.15) is 0 Å². The van der Waals surface area contributed by atoms with Gasteiger partial charge in [0, 0.05) is 10.6 Å². The zero-order valence-electron chi connectivity index (χ0n) is 20.0. The summed E-state index contributed by atoms with van der Waals surface area (Å²) >= 11 is 0. The molecular weight excluding hydrogens is 374 g/mol. The van der Waals surface area contributed by atoms with Gasteiger partial charge in [-0.1, -0.05) is 53.7 Å². The van der Waals surface area contributed by atoms with Crippen LogP contribution in [0.2, 0.25) is 0 Å². The maximum Gasteiger partial charge on any atom is 0.0133 e. The first-order valence-corrected chi connectivity index (χ1v) is 12.8. The van der Waals surface area contributed by atoms with Gasteiger partial charge < -0.3 is 0 Å². The normalized spacial score (nSPS) is 12.9. The number of rotatable bonds is 2. The molecule has 0 aliphatic rings. The zero-order valence-corrected chi connectivity index (χ0v) is 21.8. The highest BCUT2D eigenvalue weighted by Gasteiger charge is 2.23. The van der Waals surface area contributed by atoms with Gasteiger partial charge in [0.25, 0.3) is 0 Å². The molecule has 0 aliphatic carbocycles. The van der Waals surface area contributed by atoms with Crippen LogP contribution in [-0.4, -0.2) is 0 Å². The van der Waals surface area contributed by atoms with Crippen molar-refractivity contribution in [2.24, 2.45) is 0 Å². The molecule has 2 heteroatoms. The number of hydrogen-bond donors (Lipinski definition) is 0. The molecular formula is C26H38P2. The average molecular weight is 413 g/mol. The second kappa shape index (κ2) is 8.05. The summed E-state index contributed by atoms with van der Waals surface area (Å²) in [4.78, 5) is 0. The van der Waals surface area contributed by atoms with Crippen molar-refractivity contribution in [1.82, 2.24) is 0 Å². The van der Waals surface area contributed by atoms with E-state index in [4.69, 9.17) is 0 Å². The molecule has 0 saturated heterocycles. The van der Waals surface area contributed by atoms with Crippen molar-refractivity contribution in [2.75, 3.05) is 0 Å². The first-order valence-electron chi connectivity index (χ1n) is 10.3. The van der Waals surface area contributed by atoms with Crippen molar-refractivity contribution < 1.29 is 0 Å². The first kappa shape index (κ1) is 23.3. The zero-order chi connectivity index (χ0) is 21.6. The second-order valence-electron chi connectivity index (χ2n) is 10.4. The van der Waals surface area contributed by atoms with Gasteiger partial charge in [-0.3, -0.25) is 0 Å². The summed E-state index contributed by atoms with van der Waals surface area (Å²) in [6, 6.07) is 4.86. The largest absolute Gasteiger partial charge is 0.0560 e. The Balaban J connectivity index is 2.78. The predicted molar refractivity (Wildman–Crippen MR) is 132 cm³/mol. The maximum absolute atomic E-state index is 2.43. The van der Waals surface area contributed by atoms with Crippen LogP contribution in [0.25, 0.3) is 0 Å². The summed E-state index contributed by atoms with van der Waals surface area (Å²) in [6.07, 6.45) is 0. The lowest BCUT2D eigenvalue weighted by Crippen LogP contribution is -2.23. The van der Waals surface area contributed by atoms with Crippen molar-refractivity contribution >= 4 is 26.3 Å². The lowest BCUT2D eigenvalue weighted by atomic mass is 9.84. The lowest BCUT2D eigenvalue weighted by Gasteiger charge is -2.26. The molecule has 0 N–H and O–H groups in total. The van der Waals surface area contributed by atoms with E-state index >= 15 is 0 Å². The van der Waals surface area contributed by atoms with Crippen LogP contribution in [0.5, 0.6) is 0 Å². The third-order valence-corrected chi connectivity index (χ3v) is 9.27. The molecule has 152 valence electrons. The molecule has 0 aliphatic heterocycles. The van der Waals surface area contributed by atoms with Gasteiger partial charge in [0.2, 0.25) is 0 Å². The van der Waals surface area contributed by atoms with Crippen molar-refractivity contribution in [2.45, 2.75) is 93.9 Å². The van der Waals surface area contributed by atoms with Gasteiger partial charge in [0.15, 0.2) is 0 Å². The molecule has 2 aromatic rings. The summed E-state index contributed by atoms with van der Waals surface area (Å²) in [5.74, 6) is 0. The van der Waals surface area contributed by atoms with Crippen LogP contribution in [-0.2, 0) is 10.8 Å². The molecule has 0 atom stereocenters. The van der Waals surface area contributed by atoms with Crippen LogP contribution in [0, 0.1) is 41.5 Å². The molecule has 0 bridgehead atoms. The molecule has 2 aromatic carbocycles. The maximum atomic E-state index is 2.43. The van der Waals surface area contributed by atoms with E-state index in [1.54, 1.807) is 0 Å². The summed E-state index contributed by atoms with van der Waals surface area (Å²) in [5.41, 5.74) is 12.0. The Morgan fingerprint density at radius 2 is 0.786 bits per heavy atom. The van der Waals surface area contributed by atoms with E-state index in [1.165, 1.54) is 70.9 Å². The Hall–Kier alpha value is -0.960. The minimum Gasteiger partial charge on any atom is -0.0560 e.